The standard InChI is InChI=1S/C10H14N4O3/c11-8-2-1-6(5-7(8)9(15)16)13-3-4-14-10(12)17/h1-2,5,13H,3-4,11H2,(H,15,16)(H3,12,14,17). The van der Waals surface area contributed by atoms with E-state index in [1.807, 2.05) is 0 Å². The van der Waals surface area contributed by atoms with Crippen LogP contribution in [-0.4, -0.2) is 30.2 Å². The van der Waals surface area contributed by atoms with E-state index in [4.69, 9.17) is 16.6 Å². The molecule has 0 atom stereocenters. The van der Waals surface area contributed by atoms with Crippen molar-refractivity contribution in [1.29, 1.82) is 0 Å². The molecule has 0 aliphatic heterocycles. The van der Waals surface area contributed by atoms with Crippen LogP contribution in [0.15, 0.2) is 18.2 Å². The minimum absolute atomic E-state index is 0.0397. The molecule has 17 heavy (non-hydrogen) atoms. The van der Waals surface area contributed by atoms with Crippen LogP contribution >= 0.6 is 0 Å². The maximum absolute atomic E-state index is 10.8. The highest BCUT2D eigenvalue weighted by atomic mass is 16.4. The van der Waals surface area contributed by atoms with Crippen LogP contribution in [0.4, 0.5) is 16.2 Å². The first-order valence-corrected chi connectivity index (χ1v) is 4.90. The summed E-state index contributed by atoms with van der Waals surface area (Å²) in [6, 6.07) is 4.00. The van der Waals surface area contributed by atoms with Crippen LogP contribution in [0.2, 0.25) is 0 Å². The molecule has 0 bridgehead atoms. The van der Waals surface area contributed by atoms with E-state index in [1.54, 1.807) is 6.07 Å². The van der Waals surface area contributed by atoms with E-state index in [1.165, 1.54) is 12.1 Å². The Labute approximate surface area is 97.8 Å². The van der Waals surface area contributed by atoms with Crippen LogP contribution in [0.1, 0.15) is 10.4 Å². The minimum atomic E-state index is -1.08. The minimum Gasteiger partial charge on any atom is -0.478 e. The Morgan fingerprint density at radius 3 is 2.59 bits per heavy atom. The van der Waals surface area contributed by atoms with Crippen molar-refractivity contribution in [3.63, 3.8) is 0 Å². The third kappa shape index (κ3) is 3.90. The second-order valence-electron chi connectivity index (χ2n) is 3.32. The number of benzene rings is 1. The average molecular weight is 238 g/mol. The van der Waals surface area contributed by atoms with Crippen LogP contribution in [0.5, 0.6) is 0 Å². The number of rotatable bonds is 5. The number of nitrogens with one attached hydrogen (secondary N) is 2. The van der Waals surface area contributed by atoms with Gasteiger partial charge in [0.2, 0.25) is 0 Å². The second-order valence-corrected chi connectivity index (χ2v) is 3.32. The van der Waals surface area contributed by atoms with Gasteiger partial charge in [0.15, 0.2) is 0 Å². The molecule has 0 aliphatic rings. The molecule has 0 heterocycles. The molecule has 0 saturated carbocycles. The third-order valence-corrected chi connectivity index (χ3v) is 2.04. The van der Waals surface area contributed by atoms with Crippen LogP contribution in [-0.2, 0) is 0 Å². The first kappa shape index (κ1) is 12.6. The number of carboxylic acid groups (broad SMARTS) is 1. The SMILES string of the molecule is NC(=O)NCCNc1ccc(N)c(C(=O)O)c1. The third-order valence-electron chi connectivity index (χ3n) is 2.04. The van der Waals surface area contributed by atoms with Crippen LogP contribution in [0.3, 0.4) is 0 Å². The van der Waals surface area contributed by atoms with Gasteiger partial charge in [-0.1, -0.05) is 0 Å². The number of nitrogens with two attached hydrogens (primary N) is 2. The summed E-state index contributed by atoms with van der Waals surface area (Å²) in [5.74, 6) is -1.08. The molecule has 0 radical (unpaired) electrons. The Hall–Kier alpha value is -2.44. The summed E-state index contributed by atoms with van der Waals surface area (Å²) in [6.45, 7) is 0.786. The van der Waals surface area contributed by atoms with E-state index >= 15 is 0 Å². The summed E-state index contributed by atoms with van der Waals surface area (Å²) in [6.07, 6.45) is 0. The Morgan fingerprint density at radius 1 is 1.29 bits per heavy atom. The van der Waals surface area contributed by atoms with Crippen molar-refractivity contribution < 1.29 is 14.7 Å². The molecule has 7 N–H and O–H groups in total. The Kier molecular flexibility index (Phi) is 4.15. The lowest BCUT2D eigenvalue weighted by atomic mass is 10.1. The predicted octanol–water partition coefficient (Wildman–Crippen LogP) is 0.0472. The van der Waals surface area contributed by atoms with Crippen molar-refractivity contribution >= 4 is 23.4 Å². The zero-order chi connectivity index (χ0) is 12.8. The van der Waals surface area contributed by atoms with Gasteiger partial charge in [0.25, 0.3) is 0 Å². The lowest BCUT2D eigenvalue weighted by Gasteiger charge is -2.08. The van der Waals surface area contributed by atoms with Crippen molar-refractivity contribution in [1.82, 2.24) is 5.32 Å². The zero-order valence-electron chi connectivity index (χ0n) is 9.06. The lowest BCUT2D eigenvalue weighted by molar-refractivity contribution is 0.0698. The lowest BCUT2D eigenvalue weighted by Crippen LogP contribution is -2.33. The number of carbonyl (C=O) groups is 2. The maximum atomic E-state index is 10.8. The fourth-order valence-electron chi connectivity index (χ4n) is 1.24. The van der Waals surface area contributed by atoms with Gasteiger partial charge in [-0.2, -0.15) is 0 Å². The number of carboxylic acids is 1. The molecular weight excluding hydrogens is 224 g/mol. The monoisotopic (exact) mass is 238 g/mol. The fourth-order valence-corrected chi connectivity index (χ4v) is 1.24. The molecule has 0 aliphatic carbocycles. The summed E-state index contributed by atoms with van der Waals surface area (Å²) in [7, 11) is 0. The molecule has 0 saturated heterocycles. The Bertz CT molecular complexity index is 434. The molecule has 1 aromatic carbocycles. The topological polar surface area (TPSA) is 130 Å². The number of anilines is 2. The van der Waals surface area contributed by atoms with Crippen LogP contribution in [0, 0.1) is 0 Å². The van der Waals surface area contributed by atoms with Crippen molar-refractivity contribution in [2.75, 3.05) is 24.1 Å². The highest BCUT2D eigenvalue weighted by molar-refractivity contribution is 5.94. The molecule has 1 rings (SSSR count). The summed E-state index contributed by atoms with van der Waals surface area (Å²) >= 11 is 0. The van der Waals surface area contributed by atoms with Gasteiger partial charge in [0.1, 0.15) is 0 Å². The highest BCUT2D eigenvalue weighted by Crippen LogP contribution is 2.17. The number of primary amides is 1. The number of hydrogen-bond donors (Lipinski definition) is 5. The smallest absolute Gasteiger partial charge is 0.337 e. The van der Waals surface area contributed by atoms with E-state index < -0.39 is 12.0 Å². The number of carbonyl (C=O) groups excluding carboxylic acids is 1. The van der Waals surface area contributed by atoms with Gasteiger partial charge in [0.05, 0.1) is 5.56 Å². The molecule has 7 nitrogen and oxygen atoms in total. The van der Waals surface area contributed by atoms with E-state index in [0.717, 1.165) is 0 Å². The Balaban J connectivity index is 2.57. The average Bonchev–Trinajstić information content (AvgIpc) is 2.25. The summed E-state index contributed by atoms with van der Waals surface area (Å²) in [5, 5.41) is 14.2. The maximum Gasteiger partial charge on any atom is 0.337 e. The number of hydrogen-bond acceptors (Lipinski definition) is 4. The van der Waals surface area contributed by atoms with Gasteiger partial charge in [0, 0.05) is 24.5 Å². The molecule has 0 fully saturated rings. The van der Waals surface area contributed by atoms with Crippen LogP contribution < -0.4 is 22.1 Å². The zero-order valence-corrected chi connectivity index (χ0v) is 9.06. The van der Waals surface area contributed by atoms with Crippen molar-refractivity contribution in [2.45, 2.75) is 0 Å². The van der Waals surface area contributed by atoms with E-state index in [0.29, 0.717) is 18.8 Å². The van der Waals surface area contributed by atoms with Crippen molar-refractivity contribution in [2.24, 2.45) is 5.73 Å². The van der Waals surface area contributed by atoms with Gasteiger partial charge in [-0.25, -0.2) is 9.59 Å². The van der Waals surface area contributed by atoms with Gasteiger partial charge >= 0.3 is 12.0 Å². The second kappa shape index (κ2) is 5.59. The molecule has 1 aromatic rings. The summed E-state index contributed by atoms with van der Waals surface area (Å²) in [5.41, 5.74) is 11.2. The quantitative estimate of drug-likeness (QED) is 0.365. The fraction of sp³-hybridized carbons (Fsp3) is 0.200. The first-order valence-electron chi connectivity index (χ1n) is 4.90. The van der Waals surface area contributed by atoms with Gasteiger partial charge in [-0.15, -0.1) is 0 Å². The summed E-state index contributed by atoms with van der Waals surface area (Å²) < 4.78 is 0. The van der Waals surface area contributed by atoms with E-state index in [-0.39, 0.29) is 11.3 Å². The van der Waals surface area contributed by atoms with Gasteiger partial charge in [-0.05, 0) is 18.2 Å². The van der Waals surface area contributed by atoms with Crippen LogP contribution in [0.25, 0.3) is 0 Å². The van der Waals surface area contributed by atoms with E-state index in [2.05, 4.69) is 10.6 Å². The molecule has 0 spiro atoms. The van der Waals surface area contributed by atoms with Gasteiger partial charge < -0.3 is 27.2 Å². The number of aromatic carboxylic acids is 1. The molecule has 0 unspecified atom stereocenters. The van der Waals surface area contributed by atoms with E-state index in [9.17, 15) is 9.59 Å². The molecule has 7 heteroatoms. The number of urea groups is 1. The molecule has 0 aromatic heterocycles. The predicted molar refractivity (Wildman–Crippen MR) is 63.9 cm³/mol. The first-order chi connectivity index (χ1) is 8.00. The molecule has 92 valence electrons. The summed E-state index contributed by atoms with van der Waals surface area (Å²) in [4.78, 5) is 21.2. The number of amides is 2. The normalized spacial score (nSPS) is 9.65. The Morgan fingerprint density at radius 2 is 2.00 bits per heavy atom. The van der Waals surface area contributed by atoms with Crippen molar-refractivity contribution in [3.05, 3.63) is 23.8 Å². The van der Waals surface area contributed by atoms with Crippen molar-refractivity contribution in [3.8, 4) is 0 Å². The molecule has 2 amide bonds. The molecular formula is C10H14N4O3. The highest BCUT2D eigenvalue weighted by Gasteiger charge is 2.08. The largest absolute Gasteiger partial charge is 0.478 e. The number of nitrogen functional groups attached to an aromatic ring is 1. The van der Waals surface area contributed by atoms with Gasteiger partial charge in [-0.3, -0.25) is 0 Å².